The fourth-order valence-electron chi connectivity index (χ4n) is 1.89. The molecule has 0 aliphatic rings. The Morgan fingerprint density at radius 1 is 0.720 bits per heavy atom. The Morgan fingerprint density at radius 3 is 1.40 bits per heavy atom. The van der Waals surface area contributed by atoms with Crippen molar-refractivity contribution in [2.24, 2.45) is 0 Å². The van der Waals surface area contributed by atoms with E-state index in [9.17, 15) is 0 Å². The first kappa shape index (κ1) is 22.2. The molecule has 25 heavy (non-hydrogen) atoms. The highest BCUT2D eigenvalue weighted by molar-refractivity contribution is 6.85. The maximum absolute atomic E-state index is 6.54. The van der Waals surface area contributed by atoms with Gasteiger partial charge in [-0.1, -0.05) is 64.1 Å². The standard InChI is InChI=1S/C18H32O3Si4/c1-7-15(4)22-19-25(20-23-16(5)8-2,21-24-17(6)9-3)18-13-11-10-12-14-18/h7-14H,22-24H2,1-6H3. The number of allylic oxidation sites excluding steroid dienone is 6. The molecule has 7 heteroatoms. The molecule has 0 unspecified atom stereocenters. The Hall–Kier alpha value is -0.812. The van der Waals surface area contributed by atoms with Crippen LogP contribution in [0.2, 0.25) is 0 Å². The fraction of sp³-hybridized carbons (Fsp3) is 0.333. The van der Waals surface area contributed by atoms with Crippen LogP contribution < -0.4 is 5.19 Å². The second-order valence-electron chi connectivity index (χ2n) is 6.19. The highest BCUT2D eigenvalue weighted by Gasteiger charge is 2.42. The quantitative estimate of drug-likeness (QED) is 0.554. The van der Waals surface area contributed by atoms with E-state index in [-0.39, 0.29) is 0 Å². The van der Waals surface area contributed by atoms with Crippen LogP contribution in [0.5, 0.6) is 0 Å². The topological polar surface area (TPSA) is 27.7 Å². The van der Waals surface area contributed by atoms with Crippen molar-refractivity contribution in [1.82, 2.24) is 0 Å². The predicted octanol–water partition coefficient (Wildman–Crippen LogP) is 1.90. The summed E-state index contributed by atoms with van der Waals surface area (Å²) in [4.78, 5) is 0. The minimum atomic E-state index is -2.85. The summed E-state index contributed by atoms with van der Waals surface area (Å²) >= 11 is 0. The third kappa shape index (κ3) is 7.53. The monoisotopic (exact) mass is 408 g/mol. The zero-order valence-electron chi connectivity index (χ0n) is 16.5. The lowest BCUT2D eigenvalue weighted by molar-refractivity contribution is 0.306. The maximum Gasteiger partial charge on any atom is 0.505 e. The fourth-order valence-corrected chi connectivity index (χ4v) is 13.3. The molecule has 0 heterocycles. The zero-order valence-corrected chi connectivity index (χ0v) is 21.7. The van der Waals surface area contributed by atoms with Crippen molar-refractivity contribution in [2.45, 2.75) is 41.5 Å². The lowest BCUT2D eigenvalue weighted by atomic mass is 10.4. The minimum Gasteiger partial charge on any atom is -0.415 e. The van der Waals surface area contributed by atoms with E-state index < -0.39 is 38.1 Å². The van der Waals surface area contributed by atoms with E-state index in [2.05, 4.69) is 71.9 Å². The van der Waals surface area contributed by atoms with Gasteiger partial charge in [0.15, 0.2) is 29.3 Å². The highest BCUT2D eigenvalue weighted by atomic mass is 28.5. The molecule has 0 aromatic heterocycles. The largest absolute Gasteiger partial charge is 0.505 e. The van der Waals surface area contributed by atoms with Gasteiger partial charge >= 0.3 is 8.80 Å². The van der Waals surface area contributed by atoms with Crippen LogP contribution in [0.4, 0.5) is 0 Å². The Morgan fingerprint density at radius 2 is 1.08 bits per heavy atom. The van der Waals surface area contributed by atoms with E-state index >= 15 is 0 Å². The summed E-state index contributed by atoms with van der Waals surface area (Å²) in [5.41, 5.74) is 0. The smallest absolute Gasteiger partial charge is 0.415 e. The second-order valence-corrected chi connectivity index (χ2v) is 15.6. The van der Waals surface area contributed by atoms with Crippen LogP contribution in [-0.4, -0.2) is 38.1 Å². The maximum atomic E-state index is 6.54. The molecule has 3 nitrogen and oxygen atoms in total. The van der Waals surface area contributed by atoms with Crippen LogP contribution in [0.3, 0.4) is 0 Å². The Bertz CT molecular complexity index is 557. The van der Waals surface area contributed by atoms with Gasteiger partial charge in [-0.05, 0) is 41.5 Å². The first-order chi connectivity index (χ1) is 12.0. The van der Waals surface area contributed by atoms with E-state index in [1.165, 1.54) is 15.6 Å². The number of hydrogen-bond donors (Lipinski definition) is 0. The van der Waals surface area contributed by atoms with Crippen molar-refractivity contribution in [1.29, 1.82) is 0 Å². The van der Waals surface area contributed by atoms with Crippen molar-refractivity contribution in [3.8, 4) is 0 Å². The molecule has 0 bridgehead atoms. The van der Waals surface area contributed by atoms with Gasteiger partial charge in [0, 0.05) is 5.19 Å². The van der Waals surface area contributed by atoms with E-state index in [0.717, 1.165) is 5.19 Å². The first-order valence-electron chi connectivity index (χ1n) is 8.80. The van der Waals surface area contributed by atoms with Crippen LogP contribution >= 0.6 is 0 Å². The van der Waals surface area contributed by atoms with Crippen LogP contribution in [0.1, 0.15) is 41.5 Å². The summed E-state index contributed by atoms with van der Waals surface area (Å²) in [6, 6.07) is 10.3. The SMILES string of the molecule is CC=C(C)[SiH2]O[Si](O[SiH2]C(C)=CC)(O[SiH2]C(C)=CC)c1ccccc1. The van der Waals surface area contributed by atoms with Crippen molar-refractivity contribution in [3.63, 3.8) is 0 Å². The average Bonchev–Trinajstić information content (AvgIpc) is 2.67. The second kappa shape index (κ2) is 11.7. The number of hydrogen-bond acceptors (Lipinski definition) is 3. The molecule has 0 aliphatic carbocycles. The number of rotatable bonds is 10. The van der Waals surface area contributed by atoms with Gasteiger partial charge in [0.25, 0.3) is 0 Å². The van der Waals surface area contributed by atoms with Crippen molar-refractivity contribution in [3.05, 3.63) is 64.1 Å². The van der Waals surface area contributed by atoms with Gasteiger partial charge in [0.05, 0.1) is 0 Å². The summed E-state index contributed by atoms with van der Waals surface area (Å²) in [6.45, 7) is 12.6. The molecular weight excluding hydrogens is 377 g/mol. The Balaban J connectivity index is 3.18. The highest BCUT2D eigenvalue weighted by Crippen LogP contribution is 2.13. The molecule has 1 aromatic rings. The van der Waals surface area contributed by atoms with Crippen molar-refractivity contribution < 1.29 is 12.3 Å². The Kier molecular flexibility index (Phi) is 10.4. The van der Waals surface area contributed by atoms with Crippen LogP contribution in [0.15, 0.2) is 64.1 Å². The lowest BCUT2D eigenvalue weighted by Crippen LogP contribution is -2.59. The molecule has 1 aromatic carbocycles. The third-order valence-corrected chi connectivity index (χ3v) is 14.0. The predicted molar refractivity (Wildman–Crippen MR) is 119 cm³/mol. The lowest BCUT2D eigenvalue weighted by Gasteiger charge is -2.32. The molecule has 0 N–H and O–H groups in total. The van der Waals surface area contributed by atoms with Crippen LogP contribution in [0, 0.1) is 0 Å². The van der Waals surface area contributed by atoms with Crippen LogP contribution in [-0.2, 0) is 12.3 Å². The van der Waals surface area contributed by atoms with E-state index in [0.29, 0.717) is 0 Å². The van der Waals surface area contributed by atoms with E-state index in [1.54, 1.807) is 0 Å². The first-order valence-corrected chi connectivity index (χ1v) is 14.4. The molecule has 138 valence electrons. The third-order valence-electron chi connectivity index (χ3n) is 4.08. The molecule has 0 aliphatic heterocycles. The molecule has 0 radical (unpaired) electrons. The minimum absolute atomic E-state index is 0.836. The van der Waals surface area contributed by atoms with Gasteiger partial charge in [-0.25, -0.2) is 0 Å². The molecule has 1 rings (SSSR count). The molecular formula is C18H32O3Si4. The molecule has 0 amide bonds. The summed E-state index contributed by atoms with van der Waals surface area (Å²) in [6.07, 6.45) is 6.42. The molecule has 0 atom stereocenters. The molecule has 0 spiro atoms. The van der Waals surface area contributed by atoms with Gasteiger partial charge in [-0.3, -0.25) is 0 Å². The summed E-state index contributed by atoms with van der Waals surface area (Å²) in [5.74, 6) is 0. The van der Waals surface area contributed by atoms with Gasteiger partial charge in [0.2, 0.25) is 0 Å². The summed E-state index contributed by atoms with van der Waals surface area (Å²) < 4.78 is 19.6. The van der Waals surface area contributed by atoms with E-state index in [4.69, 9.17) is 12.3 Å². The molecule has 0 saturated carbocycles. The number of benzene rings is 1. The normalized spacial score (nSPS) is 17.4. The zero-order chi connectivity index (χ0) is 18.7. The molecule has 0 fully saturated rings. The average molecular weight is 409 g/mol. The summed E-state index contributed by atoms with van der Waals surface area (Å²) in [7, 11) is -5.35. The van der Waals surface area contributed by atoms with E-state index in [1.807, 2.05) is 18.2 Å². The van der Waals surface area contributed by atoms with Gasteiger partial charge < -0.3 is 12.3 Å². The Labute approximate surface area is 161 Å². The van der Waals surface area contributed by atoms with Gasteiger partial charge in [0.1, 0.15) is 0 Å². The van der Waals surface area contributed by atoms with Gasteiger partial charge in [-0.15, -0.1) is 0 Å². The van der Waals surface area contributed by atoms with Crippen molar-refractivity contribution >= 4 is 43.3 Å². The van der Waals surface area contributed by atoms with Crippen molar-refractivity contribution in [2.75, 3.05) is 0 Å². The van der Waals surface area contributed by atoms with Crippen LogP contribution in [0.25, 0.3) is 0 Å². The molecule has 0 saturated heterocycles. The van der Waals surface area contributed by atoms with Gasteiger partial charge in [-0.2, -0.15) is 0 Å². The summed E-state index contributed by atoms with van der Waals surface area (Å²) in [5, 5.41) is 5.08.